The largest absolute Gasteiger partial charge is 0.411 e. The Kier molecular flexibility index (Phi) is 9.56. The molecular weight excluding hydrogens is 519 g/mol. The molecule has 1 saturated carbocycles. The Morgan fingerprint density at radius 2 is 1.77 bits per heavy atom. The second kappa shape index (κ2) is 12.9. The van der Waals surface area contributed by atoms with Crippen molar-refractivity contribution >= 4 is 24.6 Å². The van der Waals surface area contributed by atoms with Crippen LogP contribution in [0.3, 0.4) is 0 Å². The van der Waals surface area contributed by atoms with Gasteiger partial charge < -0.3 is 19.9 Å². The van der Waals surface area contributed by atoms with Gasteiger partial charge in [-0.15, -0.1) is 0 Å². The van der Waals surface area contributed by atoms with E-state index in [4.69, 9.17) is 0 Å². The highest BCUT2D eigenvalue weighted by molar-refractivity contribution is 5.95. The number of benzene rings is 2. The van der Waals surface area contributed by atoms with Crippen LogP contribution < -0.4 is 15.8 Å². The van der Waals surface area contributed by atoms with Crippen LogP contribution in [0.15, 0.2) is 36.4 Å². The highest BCUT2D eigenvalue weighted by atomic mass is 19.4. The number of ether oxygens (including phenoxy) is 1. The highest BCUT2D eigenvalue weighted by Gasteiger charge is 2.28. The molecule has 1 N–H and O–H groups in total. The van der Waals surface area contributed by atoms with Gasteiger partial charge in [-0.05, 0) is 79.0 Å². The van der Waals surface area contributed by atoms with Crippen LogP contribution in [0.2, 0.25) is 0 Å². The zero-order valence-electron chi connectivity index (χ0n) is 23.2. The smallest absolute Gasteiger partial charge is 0.380 e. The number of piperidine rings is 1. The summed E-state index contributed by atoms with van der Waals surface area (Å²) in [6.45, 7) is 6.62. The average molecular weight is 558 g/mol. The van der Waals surface area contributed by atoms with Gasteiger partial charge >= 0.3 is 6.18 Å². The van der Waals surface area contributed by atoms with Crippen molar-refractivity contribution in [2.45, 2.75) is 44.7 Å². The van der Waals surface area contributed by atoms with Gasteiger partial charge in [0.15, 0.2) is 0 Å². The van der Waals surface area contributed by atoms with Gasteiger partial charge in [0, 0.05) is 55.8 Å². The Morgan fingerprint density at radius 3 is 2.40 bits per heavy atom. The Hall–Kier alpha value is -3.33. The van der Waals surface area contributed by atoms with Gasteiger partial charge in [-0.2, -0.15) is 13.2 Å². The van der Waals surface area contributed by atoms with Crippen LogP contribution in [0, 0.1) is 12.8 Å². The zero-order chi connectivity index (χ0) is 28.9. The molecule has 1 heterocycles. The predicted molar refractivity (Wildman–Crippen MR) is 149 cm³/mol. The minimum absolute atomic E-state index is 0.0214. The summed E-state index contributed by atoms with van der Waals surface area (Å²) in [5, 5.41) is 4.23. The maximum absolute atomic E-state index is 13.0. The lowest BCUT2D eigenvalue weighted by molar-refractivity contribution is -0.173. The van der Waals surface area contributed by atoms with E-state index in [9.17, 15) is 22.8 Å². The zero-order valence-corrected chi connectivity index (χ0v) is 23.2. The van der Waals surface area contributed by atoms with E-state index in [-0.39, 0.29) is 25.0 Å². The van der Waals surface area contributed by atoms with Crippen LogP contribution in [0.25, 0.3) is 12.8 Å². The van der Waals surface area contributed by atoms with Crippen molar-refractivity contribution < 1.29 is 27.5 Å². The molecule has 1 saturated heterocycles. The first-order valence-electron chi connectivity index (χ1n) is 13.8. The van der Waals surface area contributed by atoms with E-state index >= 15 is 0 Å². The normalized spacial score (nSPS) is 16.7. The number of halogens is 3. The molecule has 0 atom stereocenters. The van der Waals surface area contributed by atoms with Crippen LogP contribution in [-0.4, -0.2) is 74.2 Å². The minimum atomic E-state index is -4.39. The van der Waals surface area contributed by atoms with E-state index in [0.29, 0.717) is 17.4 Å². The van der Waals surface area contributed by atoms with Gasteiger partial charge in [0.2, 0.25) is 0 Å². The number of amides is 2. The third-order valence-corrected chi connectivity index (χ3v) is 7.65. The number of carbonyl (C=O) groups is 2. The van der Waals surface area contributed by atoms with Gasteiger partial charge in [-0.1, -0.05) is 24.8 Å². The number of nitrogens with zero attached hydrogens (tertiary/aromatic N) is 2. The van der Waals surface area contributed by atoms with E-state index in [2.05, 4.69) is 33.7 Å². The van der Waals surface area contributed by atoms with E-state index in [1.807, 2.05) is 37.2 Å². The topological polar surface area (TPSA) is 61.9 Å². The molecule has 0 radical (unpaired) electrons. The Labute approximate surface area is 233 Å². The number of hydrogen-bond donors (Lipinski definition) is 1. The van der Waals surface area contributed by atoms with Crippen LogP contribution in [0.5, 0.6) is 0 Å². The first-order chi connectivity index (χ1) is 19.0. The molecule has 2 fully saturated rings. The van der Waals surface area contributed by atoms with Gasteiger partial charge in [0.05, 0.1) is 6.61 Å². The predicted octanol–water partition coefficient (Wildman–Crippen LogP) is 3.81. The van der Waals surface area contributed by atoms with Crippen LogP contribution in [0.1, 0.15) is 63.4 Å². The summed E-state index contributed by atoms with van der Waals surface area (Å²) in [5.74, 6) is 0.834. The van der Waals surface area contributed by atoms with E-state index < -0.39 is 12.8 Å². The number of likely N-dealkylation sites (tertiary alicyclic amines) is 1. The fourth-order valence-electron chi connectivity index (χ4n) is 5.23. The lowest BCUT2D eigenvalue weighted by atomic mass is 9.95. The molecule has 2 aliphatic rings. The fourth-order valence-corrected chi connectivity index (χ4v) is 5.23. The van der Waals surface area contributed by atoms with Gasteiger partial charge in [-0.3, -0.25) is 9.59 Å². The second-order valence-corrected chi connectivity index (χ2v) is 10.9. The molecule has 6 nitrogen and oxygen atoms in total. The molecule has 0 spiro atoms. The van der Waals surface area contributed by atoms with Crippen molar-refractivity contribution in [3.8, 4) is 0 Å². The van der Waals surface area contributed by atoms with E-state index in [1.165, 1.54) is 18.4 Å². The minimum Gasteiger partial charge on any atom is -0.380 e. The van der Waals surface area contributed by atoms with Crippen molar-refractivity contribution in [3.63, 3.8) is 0 Å². The standard InChI is InChI=1S/C31H38F3N3O3/c1-21-4-11-27(29(38)35-14-17-40-20-31(32,33)34)22(2)28(21)19-36(3)18-23-12-15-37(16-13-23)30(39)26-9-7-25(8-10-26)24-5-6-24/h4,7-11,19,23-24H,1,5-6,12-18,20H2,2-3H3,(H,35,38)/b28-19+. The van der Waals surface area contributed by atoms with Gasteiger partial charge in [-0.25, -0.2) is 0 Å². The lowest BCUT2D eigenvalue weighted by Crippen LogP contribution is -2.41. The summed E-state index contributed by atoms with van der Waals surface area (Å²) in [6, 6.07) is 11.5. The molecule has 0 unspecified atom stereocenters. The molecule has 0 aromatic heterocycles. The van der Waals surface area contributed by atoms with Crippen molar-refractivity contribution in [1.82, 2.24) is 15.1 Å². The summed E-state index contributed by atoms with van der Waals surface area (Å²) >= 11 is 0. The number of rotatable bonds is 10. The average Bonchev–Trinajstić information content (AvgIpc) is 3.76. The number of alkyl halides is 3. The molecule has 2 aromatic carbocycles. The first-order valence-corrected chi connectivity index (χ1v) is 13.8. The summed E-state index contributed by atoms with van der Waals surface area (Å²) in [7, 11) is 1.99. The van der Waals surface area contributed by atoms with Crippen molar-refractivity contribution in [2.75, 3.05) is 46.4 Å². The molecule has 2 aromatic rings. The SMILES string of the molecule is C=c1ccc(C(=O)NCCOCC(F)(F)F)c(C)/c1=C/N(C)CC1CCN(C(=O)c2ccc(C3CC3)cc2)CC1. The van der Waals surface area contributed by atoms with Crippen molar-refractivity contribution in [3.05, 3.63) is 69.1 Å². The number of hydrogen-bond acceptors (Lipinski definition) is 4. The molecule has 1 aliphatic heterocycles. The summed E-state index contributed by atoms with van der Waals surface area (Å²) in [4.78, 5) is 29.7. The van der Waals surface area contributed by atoms with Gasteiger partial charge in [0.1, 0.15) is 6.61 Å². The molecular formula is C31H38F3N3O3. The third kappa shape index (κ3) is 8.10. The molecule has 216 valence electrons. The molecule has 2 amide bonds. The highest BCUT2D eigenvalue weighted by Crippen LogP contribution is 2.40. The Morgan fingerprint density at radius 1 is 1.10 bits per heavy atom. The molecule has 1 aliphatic carbocycles. The third-order valence-electron chi connectivity index (χ3n) is 7.65. The fraction of sp³-hybridized carbons (Fsp3) is 0.484. The van der Waals surface area contributed by atoms with E-state index in [1.54, 1.807) is 12.1 Å². The van der Waals surface area contributed by atoms with Crippen LogP contribution >= 0.6 is 0 Å². The van der Waals surface area contributed by atoms with Crippen LogP contribution in [0.4, 0.5) is 13.2 Å². The summed E-state index contributed by atoms with van der Waals surface area (Å²) in [5.41, 5.74) is 3.28. The quantitative estimate of drug-likeness (QED) is 0.452. The summed E-state index contributed by atoms with van der Waals surface area (Å²) in [6.07, 6.45) is 1.92. The maximum atomic E-state index is 13.0. The monoisotopic (exact) mass is 557 g/mol. The first kappa shape index (κ1) is 29.6. The molecule has 0 bridgehead atoms. The number of nitrogens with one attached hydrogen (secondary N) is 1. The Bertz CT molecular complexity index is 1300. The maximum Gasteiger partial charge on any atom is 0.411 e. The lowest BCUT2D eigenvalue weighted by Gasteiger charge is -2.33. The van der Waals surface area contributed by atoms with E-state index in [0.717, 1.165) is 54.0 Å². The number of carbonyl (C=O) groups excluding carboxylic acids is 2. The van der Waals surface area contributed by atoms with Crippen molar-refractivity contribution in [1.29, 1.82) is 0 Å². The second-order valence-electron chi connectivity index (χ2n) is 10.9. The van der Waals surface area contributed by atoms with Crippen molar-refractivity contribution in [2.24, 2.45) is 5.92 Å². The Balaban J connectivity index is 1.29. The van der Waals surface area contributed by atoms with Crippen LogP contribution in [-0.2, 0) is 4.74 Å². The molecule has 9 heteroatoms. The molecule has 4 rings (SSSR count). The summed E-state index contributed by atoms with van der Waals surface area (Å²) < 4.78 is 41.2. The molecule has 40 heavy (non-hydrogen) atoms. The van der Waals surface area contributed by atoms with Gasteiger partial charge in [0.25, 0.3) is 11.8 Å².